The summed E-state index contributed by atoms with van der Waals surface area (Å²) in [6.07, 6.45) is 0.539. The maximum absolute atomic E-state index is 12.5. The number of nitrogens with two attached hydrogens (primary N) is 1. The summed E-state index contributed by atoms with van der Waals surface area (Å²) in [4.78, 5) is 12.5. The van der Waals surface area contributed by atoms with Gasteiger partial charge in [-0.15, -0.1) is 0 Å². The van der Waals surface area contributed by atoms with Crippen LogP contribution in [0.2, 0.25) is 0 Å². The van der Waals surface area contributed by atoms with Gasteiger partial charge < -0.3 is 20.5 Å². The van der Waals surface area contributed by atoms with Gasteiger partial charge in [0.15, 0.2) is 21.3 Å². The molecule has 8 heteroatoms. The van der Waals surface area contributed by atoms with E-state index in [-0.39, 0.29) is 6.54 Å². The van der Waals surface area contributed by atoms with Gasteiger partial charge in [0.05, 0.1) is 19.5 Å². The minimum atomic E-state index is -3.59. The zero-order valence-electron chi connectivity index (χ0n) is 16.1. The molecule has 0 fully saturated rings. The van der Waals surface area contributed by atoms with E-state index in [2.05, 4.69) is 5.32 Å². The monoisotopic (exact) mass is 386 g/mol. The van der Waals surface area contributed by atoms with Crippen LogP contribution in [0.5, 0.6) is 11.5 Å². The molecule has 0 bridgehead atoms. The van der Waals surface area contributed by atoms with E-state index in [1.54, 1.807) is 41.1 Å². The van der Waals surface area contributed by atoms with E-state index in [4.69, 9.17) is 15.2 Å². The van der Waals surface area contributed by atoms with Gasteiger partial charge in [0, 0.05) is 6.54 Å². The summed E-state index contributed by atoms with van der Waals surface area (Å²) in [7, 11) is -0.477. The number of nitrogens with one attached hydrogen (secondary N) is 1. The molecule has 0 aromatic heterocycles. The van der Waals surface area contributed by atoms with Crippen LogP contribution >= 0.6 is 0 Å². The van der Waals surface area contributed by atoms with Crippen LogP contribution in [0.1, 0.15) is 26.3 Å². The lowest BCUT2D eigenvalue weighted by Crippen LogP contribution is -2.48. The average Bonchev–Trinajstić information content (AvgIpc) is 2.61. The number of methoxy groups -OCH3 is 2. The fourth-order valence-electron chi connectivity index (χ4n) is 2.61. The highest BCUT2D eigenvalue weighted by Gasteiger charge is 2.38. The van der Waals surface area contributed by atoms with Gasteiger partial charge in [0.25, 0.3) is 0 Å². The van der Waals surface area contributed by atoms with Gasteiger partial charge in [-0.2, -0.15) is 0 Å². The second-order valence-corrected chi connectivity index (χ2v) is 9.13. The molecular weight excluding hydrogens is 356 g/mol. The van der Waals surface area contributed by atoms with E-state index in [0.717, 1.165) is 5.56 Å². The average molecular weight is 387 g/mol. The van der Waals surface area contributed by atoms with Gasteiger partial charge in [0.1, 0.15) is 5.25 Å². The summed E-state index contributed by atoms with van der Waals surface area (Å²) < 4.78 is 35.5. The van der Waals surface area contributed by atoms with Crippen molar-refractivity contribution in [3.8, 4) is 11.5 Å². The fraction of sp³-hybridized carbons (Fsp3) is 0.611. The molecule has 26 heavy (non-hydrogen) atoms. The molecule has 0 saturated heterocycles. The van der Waals surface area contributed by atoms with E-state index in [0.29, 0.717) is 24.5 Å². The molecule has 148 valence electrons. The third-order valence-electron chi connectivity index (χ3n) is 4.32. The van der Waals surface area contributed by atoms with Gasteiger partial charge in [-0.25, -0.2) is 8.42 Å². The van der Waals surface area contributed by atoms with E-state index in [1.165, 1.54) is 0 Å². The lowest BCUT2D eigenvalue weighted by Gasteiger charge is -2.24. The molecule has 0 spiro atoms. The van der Waals surface area contributed by atoms with E-state index < -0.39 is 32.2 Å². The Hall–Kier alpha value is -1.80. The molecule has 0 aliphatic carbocycles. The lowest BCUT2D eigenvalue weighted by molar-refractivity contribution is -0.121. The predicted molar refractivity (Wildman–Crippen MR) is 102 cm³/mol. The Morgan fingerprint density at radius 2 is 1.77 bits per heavy atom. The Morgan fingerprint density at radius 3 is 2.27 bits per heavy atom. The third kappa shape index (κ3) is 5.35. The maximum Gasteiger partial charge on any atom is 0.238 e. The molecule has 0 heterocycles. The van der Waals surface area contributed by atoms with Crippen LogP contribution in [-0.2, 0) is 21.1 Å². The van der Waals surface area contributed by atoms with Gasteiger partial charge in [0.2, 0.25) is 5.91 Å². The molecule has 1 aromatic carbocycles. The van der Waals surface area contributed by atoms with Gasteiger partial charge in [-0.3, -0.25) is 4.79 Å². The molecule has 0 aliphatic heterocycles. The SMILES string of the molecule is COc1ccc(CCNC(=O)C(C(C)CN)S(=O)(=O)C(C)C)cc1OC. The van der Waals surface area contributed by atoms with Crippen LogP contribution in [-0.4, -0.2) is 52.1 Å². The second-order valence-electron chi connectivity index (χ2n) is 6.50. The molecule has 0 saturated carbocycles. The van der Waals surface area contributed by atoms with Crippen LogP contribution in [0, 0.1) is 5.92 Å². The van der Waals surface area contributed by atoms with Crippen molar-refractivity contribution in [2.75, 3.05) is 27.3 Å². The van der Waals surface area contributed by atoms with Crippen molar-refractivity contribution in [3.63, 3.8) is 0 Å². The Balaban J connectivity index is 2.80. The quantitative estimate of drug-likeness (QED) is 0.624. The number of amides is 1. The van der Waals surface area contributed by atoms with E-state index in [9.17, 15) is 13.2 Å². The van der Waals surface area contributed by atoms with Crippen LogP contribution in [0.15, 0.2) is 18.2 Å². The Labute approximate surface area is 156 Å². The third-order valence-corrected chi connectivity index (χ3v) is 7.02. The van der Waals surface area contributed by atoms with E-state index in [1.807, 2.05) is 12.1 Å². The van der Waals surface area contributed by atoms with Crippen molar-refractivity contribution in [1.29, 1.82) is 0 Å². The number of carbonyl (C=O) groups is 1. The summed E-state index contributed by atoms with van der Waals surface area (Å²) in [6, 6.07) is 5.49. The van der Waals surface area contributed by atoms with E-state index >= 15 is 0 Å². The number of ether oxygens (including phenoxy) is 2. The molecule has 2 unspecified atom stereocenters. The molecule has 1 amide bonds. The smallest absolute Gasteiger partial charge is 0.238 e. The molecule has 2 atom stereocenters. The lowest BCUT2D eigenvalue weighted by atomic mass is 10.1. The number of carbonyl (C=O) groups excluding carboxylic acids is 1. The standard InChI is InChI=1S/C18H30N2O5S/c1-12(2)26(22,23)17(13(3)11-19)18(21)20-9-8-14-6-7-15(24-4)16(10-14)25-5/h6-7,10,12-13,17H,8-9,11,19H2,1-5H3,(H,20,21). The molecular formula is C18H30N2O5S. The minimum Gasteiger partial charge on any atom is -0.493 e. The molecule has 3 N–H and O–H groups in total. The zero-order valence-corrected chi connectivity index (χ0v) is 16.9. The zero-order chi connectivity index (χ0) is 19.9. The number of benzene rings is 1. The molecule has 0 radical (unpaired) electrons. The minimum absolute atomic E-state index is 0.125. The Bertz CT molecular complexity index is 704. The first-order chi connectivity index (χ1) is 12.2. The normalized spacial score (nSPS) is 14.0. The largest absolute Gasteiger partial charge is 0.493 e. The highest BCUT2D eigenvalue weighted by Crippen LogP contribution is 2.27. The van der Waals surface area contributed by atoms with Crippen molar-refractivity contribution in [2.24, 2.45) is 11.7 Å². The van der Waals surface area contributed by atoms with Crippen LogP contribution in [0.4, 0.5) is 0 Å². The topological polar surface area (TPSA) is 108 Å². The fourth-order valence-corrected chi connectivity index (χ4v) is 4.34. The maximum atomic E-state index is 12.5. The van der Waals surface area contributed by atoms with Crippen molar-refractivity contribution in [1.82, 2.24) is 5.32 Å². The van der Waals surface area contributed by atoms with Gasteiger partial charge in [-0.1, -0.05) is 13.0 Å². The van der Waals surface area contributed by atoms with Crippen molar-refractivity contribution >= 4 is 15.7 Å². The molecule has 1 rings (SSSR count). The summed E-state index contributed by atoms with van der Waals surface area (Å²) in [5, 5.41) is 0.946. The summed E-state index contributed by atoms with van der Waals surface area (Å²) in [5.41, 5.74) is 6.56. The molecule has 0 aliphatic rings. The Kier molecular flexibility index (Phi) is 8.36. The summed E-state index contributed by atoms with van der Waals surface area (Å²) in [5.74, 6) is 0.272. The van der Waals surface area contributed by atoms with Crippen LogP contribution < -0.4 is 20.5 Å². The first-order valence-electron chi connectivity index (χ1n) is 8.60. The molecule has 1 aromatic rings. The summed E-state index contributed by atoms with van der Waals surface area (Å²) >= 11 is 0. The first kappa shape index (κ1) is 22.2. The van der Waals surface area contributed by atoms with Gasteiger partial charge in [-0.05, 0) is 50.4 Å². The second kappa shape index (κ2) is 9.78. The summed E-state index contributed by atoms with van der Waals surface area (Å²) in [6.45, 7) is 5.26. The highest BCUT2D eigenvalue weighted by atomic mass is 32.2. The van der Waals surface area contributed by atoms with Crippen molar-refractivity contribution in [3.05, 3.63) is 23.8 Å². The number of hydrogen-bond donors (Lipinski definition) is 2. The Morgan fingerprint density at radius 1 is 1.15 bits per heavy atom. The van der Waals surface area contributed by atoms with Crippen LogP contribution in [0.3, 0.4) is 0 Å². The van der Waals surface area contributed by atoms with Crippen LogP contribution in [0.25, 0.3) is 0 Å². The molecule has 7 nitrogen and oxygen atoms in total. The van der Waals surface area contributed by atoms with Crippen molar-refractivity contribution < 1.29 is 22.7 Å². The van der Waals surface area contributed by atoms with Crippen molar-refractivity contribution in [2.45, 2.75) is 37.7 Å². The number of hydrogen-bond acceptors (Lipinski definition) is 6. The van der Waals surface area contributed by atoms with Gasteiger partial charge >= 0.3 is 0 Å². The highest BCUT2D eigenvalue weighted by molar-refractivity contribution is 7.93. The number of sulfone groups is 1. The first-order valence-corrected chi connectivity index (χ1v) is 10.2. The number of rotatable bonds is 10. The predicted octanol–water partition coefficient (Wildman–Crippen LogP) is 1.15.